The molecule has 1 heterocycles. The molecule has 1 aromatic heterocycles. The van der Waals surface area contributed by atoms with Crippen LogP contribution in [0.5, 0.6) is 5.75 Å². The predicted octanol–water partition coefficient (Wildman–Crippen LogP) is 3.75. The molecule has 0 aliphatic heterocycles. The maximum atomic E-state index is 14.9. The van der Waals surface area contributed by atoms with E-state index >= 15 is 0 Å². The first-order valence-electron chi connectivity index (χ1n) is 9.52. The Morgan fingerprint density at radius 1 is 1.26 bits per heavy atom. The fourth-order valence-electron chi connectivity index (χ4n) is 3.06. The highest BCUT2D eigenvalue weighted by atomic mass is 79.9. The molecule has 176 valence electrons. The number of phenols is 1. The quantitative estimate of drug-likeness (QED) is 0.130. The van der Waals surface area contributed by atoms with Crippen molar-refractivity contribution in [3.8, 4) is 16.9 Å². The van der Waals surface area contributed by atoms with Crippen LogP contribution in [0.1, 0.15) is 18.1 Å². The van der Waals surface area contributed by atoms with Crippen molar-refractivity contribution in [1.82, 2.24) is 4.98 Å². The van der Waals surface area contributed by atoms with Crippen molar-refractivity contribution >= 4 is 50.0 Å². The summed E-state index contributed by atoms with van der Waals surface area (Å²) in [5.74, 6) is 2.34. The molecular formula is C22H19BrFN5O4S. The van der Waals surface area contributed by atoms with E-state index in [9.17, 15) is 18.5 Å². The normalized spacial score (nSPS) is 12.6. The zero-order valence-corrected chi connectivity index (χ0v) is 20.0. The van der Waals surface area contributed by atoms with Crippen molar-refractivity contribution in [2.24, 2.45) is 11.6 Å². The highest BCUT2D eigenvalue weighted by molar-refractivity contribution is 9.10. The second-order valence-corrected chi connectivity index (χ2v) is 8.89. The van der Waals surface area contributed by atoms with E-state index in [2.05, 4.69) is 30.5 Å². The number of nitrogens with two attached hydrogens (primary N) is 2. The van der Waals surface area contributed by atoms with Gasteiger partial charge >= 0.3 is 0 Å². The number of allylic oxidation sites excluding steroid dienone is 1. The zero-order chi connectivity index (χ0) is 25.0. The lowest BCUT2D eigenvalue weighted by molar-refractivity contribution is -0.114. The minimum absolute atomic E-state index is 0.0371. The molecule has 0 fully saturated rings. The van der Waals surface area contributed by atoms with Crippen LogP contribution < -0.4 is 16.9 Å². The number of nitrogen functional groups attached to an aromatic ring is 1. The fourth-order valence-corrected chi connectivity index (χ4v) is 4.15. The average molecular weight is 548 g/mol. The highest BCUT2D eigenvalue weighted by Gasteiger charge is 2.19. The summed E-state index contributed by atoms with van der Waals surface area (Å²) in [6.07, 6.45) is 2.87. The fraction of sp³-hybridized carbons (Fsp3) is 0.0455. The maximum absolute atomic E-state index is 14.9. The van der Waals surface area contributed by atoms with Gasteiger partial charge in [0.05, 0.1) is 10.6 Å². The molecule has 34 heavy (non-hydrogen) atoms. The number of phenolic OH excluding ortho intramolecular Hbond substituents is 1. The molecule has 12 heteroatoms. The summed E-state index contributed by atoms with van der Waals surface area (Å²) in [5.41, 5.74) is 7.06. The van der Waals surface area contributed by atoms with Crippen molar-refractivity contribution in [3.63, 3.8) is 0 Å². The summed E-state index contributed by atoms with van der Waals surface area (Å²) in [4.78, 5) is 16.7. The highest BCUT2D eigenvalue weighted by Crippen LogP contribution is 2.33. The number of aromatic nitrogens is 1. The maximum Gasteiger partial charge on any atom is 0.284 e. The van der Waals surface area contributed by atoms with Gasteiger partial charge in [0.2, 0.25) is 11.1 Å². The predicted molar refractivity (Wildman–Crippen MR) is 131 cm³/mol. The molecule has 7 N–H and O–H groups in total. The van der Waals surface area contributed by atoms with Crippen LogP contribution in [0.15, 0.2) is 70.1 Å². The van der Waals surface area contributed by atoms with Gasteiger partial charge in [0, 0.05) is 39.1 Å². The number of rotatable bonds is 7. The van der Waals surface area contributed by atoms with Gasteiger partial charge in [0.25, 0.3) is 5.91 Å². The zero-order valence-electron chi connectivity index (χ0n) is 17.6. The van der Waals surface area contributed by atoms with E-state index in [1.807, 2.05) is 0 Å². The van der Waals surface area contributed by atoms with Gasteiger partial charge in [0.1, 0.15) is 11.6 Å². The molecule has 2 aromatic carbocycles. The Morgan fingerprint density at radius 2 is 2.00 bits per heavy atom. The molecular weight excluding hydrogens is 529 g/mol. The summed E-state index contributed by atoms with van der Waals surface area (Å²) in [6, 6.07) is 10.4. The summed E-state index contributed by atoms with van der Waals surface area (Å²) < 4.78 is 31.8. The largest absolute Gasteiger partial charge is 0.507 e. The number of halogens is 2. The molecule has 0 spiro atoms. The van der Waals surface area contributed by atoms with Crippen LogP contribution in [-0.2, 0) is 20.2 Å². The number of nitrogens with one attached hydrogen (secondary N) is 2. The average Bonchev–Trinajstić information content (AvgIpc) is 2.83. The standard InChI is InChI=1S/C22H19BrFN5O4S/c1-11(15-8-13(21(25)26)3-5-18(15)30)20(24)22(31)29-17-4-2-12(9-16(17)23)14-6-7-28-10-19(14)34(32)33-27/h2-10,30H,27H2,1H3,(H3,25,26)(H,29,31). The number of pyridine rings is 1. The molecule has 1 atom stereocenters. The van der Waals surface area contributed by atoms with Crippen LogP contribution in [0.25, 0.3) is 16.7 Å². The number of amides is 1. The van der Waals surface area contributed by atoms with Gasteiger partial charge in [-0.2, -0.15) is 10.2 Å². The van der Waals surface area contributed by atoms with E-state index in [1.165, 1.54) is 43.6 Å². The molecule has 3 rings (SSSR count). The van der Waals surface area contributed by atoms with Crippen LogP contribution in [0.3, 0.4) is 0 Å². The van der Waals surface area contributed by atoms with Crippen molar-refractivity contribution in [2.45, 2.75) is 11.8 Å². The van der Waals surface area contributed by atoms with Crippen molar-refractivity contribution in [1.29, 1.82) is 5.41 Å². The van der Waals surface area contributed by atoms with Gasteiger partial charge in [0.15, 0.2) is 5.83 Å². The summed E-state index contributed by atoms with van der Waals surface area (Å²) >= 11 is 1.41. The van der Waals surface area contributed by atoms with Gasteiger partial charge in [-0.25, -0.2) is 8.60 Å². The Labute approximate surface area is 204 Å². The molecule has 1 unspecified atom stereocenters. The van der Waals surface area contributed by atoms with Gasteiger partial charge < -0.3 is 16.2 Å². The number of carbonyl (C=O) groups is 1. The van der Waals surface area contributed by atoms with Gasteiger partial charge in [-0.15, -0.1) is 0 Å². The van der Waals surface area contributed by atoms with Crippen molar-refractivity contribution in [2.75, 3.05) is 5.32 Å². The van der Waals surface area contributed by atoms with Crippen molar-refractivity contribution < 1.29 is 22.8 Å². The first kappa shape index (κ1) is 25.2. The van der Waals surface area contributed by atoms with Gasteiger partial charge in [-0.05, 0) is 64.8 Å². The minimum Gasteiger partial charge on any atom is -0.507 e. The first-order chi connectivity index (χ1) is 16.1. The number of anilines is 1. The van der Waals surface area contributed by atoms with Crippen LogP contribution in [0, 0.1) is 5.41 Å². The van der Waals surface area contributed by atoms with E-state index in [0.717, 1.165) is 0 Å². The Balaban J connectivity index is 1.90. The Hall–Kier alpha value is -3.45. The van der Waals surface area contributed by atoms with E-state index < -0.39 is 22.8 Å². The lowest BCUT2D eigenvalue weighted by atomic mass is 10.0. The number of aromatic hydroxyl groups is 1. The van der Waals surface area contributed by atoms with E-state index in [0.29, 0.717) is 15.6 Å². The number of carbonyl (C=O) groups excluding carboxylic acids is 1. The minimum atomic E-state index is -1.93. The molecule has 0 aliphatic rings. The number of nitrogens with zero attached hydrogens (tertiary/aromatic N) is 1. The third-order valence-electron chi connectivity index (χ3n) is 4.82. The lowest BCUT2D eigenvalue weighted by Crippen LogP contribution is -2.14. The smallest absolute Gasteiger partial charge is 0.284 e. The molecule has 0 radical (unpaired) electrons. The third kappa shape index (κ3) is 5.37. The van der Waals surface area contributed by atoms with Crippen LogP contribution in [-0.4, -0.2) is 26.0 Å². The number of amidine groups is 1. The number of benzene rings is 2. The van der Waals surface area contributed by atoms with Gasteiger partial charge in [-0.1, -0.05) is 6.07 Å². The van der Waals surface area contributed by atoms with Crippen LogP contribution in [0.2, 0.25) is 0 Å². The SMILES string of the molecule is CC(=C(F)C(=O)Nc1ccc(-c2ccncc2S(=O)ON)cc1Br)c1cc(C(=N)N)ccc1O. The molecule has 0 saturated carbocycles. The molecule has 0 bridgehead atoms. The monoisotopic (exact) mass is 547 g/mol. The van der Waals surface area contributed by atoms with E-state index in [1.54, 1.807) is 18.2 Å². The molecule has 0 aliphatic carbocycles. The summed E-state index contributed by atoms with van der Waals surface area (Å²) in [6.45, 7) is 1.33. The third-order valence-corrected chi connectivity index (χ3v) is 6.34. The van der Waals surface area contributed by atoms with Crippen molar-refractivity contribution in [3.05, 3.63) is 76.3 Å². The topological polar surface area (TPSA) is 164 Å². The Morgan fingerprint density at radius 3 is 2.65 bits per heavy atom. The summed E-state index contributed by atoms with van der Waals surface area (Å²) in [7, 11) is 0. The Kier molecular flexibility index (Phi) is 7.89. The first-order valence-corrected chi connectivity index (χ1v) is 11.4. The molecule has 0 saturated heterocycles. The number of hydrogen-bond donors (Lipinski definition) is 5. The van der Waals surface area contributed by atoms with Crippen LogP contribution in [0.4, 0.5) is 10.1 Å². The second kappa shape index (κ2) is 10.7. The number of hydrogen-bond acceptors (Lipinski definition) is 7. The van der Waals surface area contributed by atoms with Crippen LogP contribution >= 0.6 is 15.9 Å². The summed E-state index contributed by atoms with van der Waals surface area (Å²) in [5, 5.41) is 20.0. The molecule has 1 amide bonds. The Bertz CT molecular complexity index is 1350. The lowest BCUT2D eigenvalue weighted by Gasteiger charge is -2.12. The molecule has 3 aromatic rings. The van der Waals surface area contributed by atoms with E-state index in [-0.39, 0.29) is 38.9 Å². The second-order valence-electron chi connectivity index (χ2n) is 6.94. The van der Waals surface area contributed by atoms with E-state index in [4.69, 9.17) is 17.0 Å². The molecule has 9 nitrogen and oxygen atoms in total. The van der Waals surface area contributed by atoms with Gasteiger partial charge in [-0.3, -0.25) is 15.2 Å².